The summed E-state index contributed by atoms with van der Waals surface area (Å²) in [6, 6.07) is 9.48. The molecule has 0 unspecified atom stereocenters. The van der Waals surface area contributed by atoms with Gasteiger partial charge in [0.05, 0.1) is 17.0 Å². The molecule has 1 fully saturated rings. The van der Waals surface area contributed by atoms with Crippen LogP contribution in [0.4, 0.5) is 19.0 Å². The summed E-state index contributed by atoms with van der Waals surface area (Å²) in [5, 5.41) is 13.8. The second kappa shape index (κ2) is 7.51. The lowest BCUT2D eigenvalue weighted by atomic mass is 9.99. The minimum Gasteiger partial charge on any atom is -0.377 e. The van der Waals surface area contributed by atoms with Crippen LogP contribution in [-0.2, 0) is 7.05 Å². The summed E-state index contributed by atoms with van der Waals surface area (Å²) in [7, 11) is 1.99. The normalized spacial score (nSPS) is 15.8. The van der Waals surface area contributed by atoms with E-state index in [0.717, 1.165) is 21.5 Å². The first kappa shape index (κ1) is 21.3. The quantitative estimate of drug-likeness (QED) is 0.502. The number of aliphatic hydroxyl groups is 1. The molecule has 0 saturated carbocycles. The second-order valence-electron chi connectivity index (χ2n) is 8.12. The van der Waals surface area contributed by atoms with Gasteiger partial charge in [-0.2, -0.15) is 17.9 Å². The molecule has 9 nitrogen and oxygen atoms in total. The molecule has 1 atom stereocenters. The van der Waals surface area contributed by atoms with E-state index in [1.165, 1.54) is 6.92 Å². The van der Waals surface area contributed by atoms with E-state index in [2.05, 4.69) is 24.6 Å². The molecule has 3 aromatic heterocycles. The number of halogens is 3. The number of benzene rings is 1. The van der Waals surface area contributed by atoms with Gasteiger partial charge >= 0.3 is 6.18 Å². The fourth-order valence-electron chi connectivity index (χ4n) is 4.09. The van der Waals surface area contributed by atoms with Crippen molar-refractivity contribution in [1.82, 2.24) is 34.3 Å². The van der Waals surface area contributed by atoms with E-state index in [0.29, 0.717) is 24.7 Å². The van der Waals surface area contributed by atoms with Crippen molar-refractivity contribution in [3.05, 3.63) is 53.6 Å². The smallest absolute Gasteiger partial charge is 0.377 e. The first-order valence-corrected chi connectivity index (χ1v) is 10.3. The fraction of sp³-hybridized carbons (Fsp3) is 0.381. The Bertz CT molecular complexity index is 1340. The number of para-hydroxylation sites is 2. The highest BCUT2D eigenvalue weighted by atomic mass is 19.4. The van der Waals surface area contributed by atoms with Crippen molar-refractivity contribution in [3.8, 4) is 5.82 Å². The van der Waals surface area contributed by atoms with Gasteiger partial charge in [-0.1, -0.05) is 12.1 Å². The van der Waals surface area contributed by atoms with Gasteiger partial charge in [0.2, 0.25) is 6.10 Å². The molecule has 4 aromatic rings. The van der Waals surface area contributed by atoms with E-state index in [4.69, 9.17) is 4.98 Å². The predicted octanol–water partition coefficient (Wildman–Crippen LogP) is 2.76. The molecule has 1 aliphatic rings. The molecule has 172 valence electrons. The second-order valence-corrected chi connectivity index (χ2v) is 8.12. The third kappa shape index (κ3) is 3.69. The maximum atomic E-state index is 13.1. The average molecular weight is 458 g/mol. The minimum atomic E-state index is -4.88. The maximum absolute atomic E-state index is 13.1. The molecule has 0 radical (unpaired) electrons. The number of aryl methyl sites for hydroxylation is 3. The summed E-state index contributed by atoms with van der Waals surface area (Å²) < 4.78 is 42.4. The molecule has 0 bridgehead atoms. The first-order valence-electron chi connectivity index (χ1n) is 10.3. The van der Waals surface area contributed by atoms with Crippen molar-refractivity contribution in [3.63, 3.8) is 0 Å². The fourth-order valence-corrected chi connectivity index (χ4v) is 4.09. The van der Waals surface area contributed by atoms with E-state index >= 15 is 0 Å². The van der Waals surface area contributed by atoms with Crippen molar-refractivity contribution in [1.29, 1.82) is 0 Å². The number of nitrogens with zero attached hydrogens (tertiary/aromatic N) is 8. The Morgan fingerprint density at radius 1 is 1.00 bits per heavy atom. The van der Waals surface area contributed by atoms with Crippen LogP contribution in [0.3, 0.4) is 0 Å². The average Bonchev–Trinajstić information content (AvgIpc) is 3.26. The third-order valence-electron chi connectivity index (χ3n) is 5.71. The number of fused-ring (bicyclic) bond motifs is 1. The number of anilines is 1. The predicted molar refractivity (Wildman–Crippen MR) is 113 cm³/mol. The molecular weight excluding hydrogens is 437 g/mol. The Balaban J connectivity index is 1.43. The summed E-state index contributed by atoms with van der Waals surface area (Å²) >= 11 is 0. The zero-order valence-electron chi connectivity index (χ0n) is 18.1. The summed E-state index contributed by atoms with van der Waals surface area (Å²) in [5.41, 5.74) is 1.99. The van der Waals surface area contributed by atoms with Gasteiger partial charge in [-0.3, -0.25) is 0 Å². The zero-order valence-corrected chi connectivity index (χ0v) is 18.1. The number of rotatable bonds is 4. The molecule has 5 rings (SSSR count). The molecule has 1 aliphatic heterocycles. The highest BCUT2D eigenvalue weighted by molar-refractivity contribution is 5.76. The Kier molecular flexibility index (Phi) is 4.85. The highest BCUT2D eigenvalue weighted by Gasteiger charge is 2.43. The van der Waals surface area contributed by atoms with E-state index < -0.39 is 18.1 Å². The van der Waals surface area contributed by atoms with Crippen molar-refractivity contribution in [2.24, 2.45) is 7.05 Å². The van der Waals surface area contributed by atoms with Crippen molar-refractivity contribution >= 4 is 16.9 Å². The molecule has 4 heterocycles. The van der Waals surface area contributed by atoms with Crippen LogP contribution in [0.25, 0.3) is 16.9 Å². The van der Waals surface area contributed by atoms with Gasteiger partial charge in [0.15, 0.2) is 11.6 Å². The molecule has 0 amide bonds. The van der Waals surface area contributed by atoms with E-state index in [1.807, 2.05) is 36.2 Å². The van der Waals surface area contributed by atoms with Crippen LogP contribution < -0.4 is 4.90 Å². The summed E-state index contributed by atoms with van der Waals surface area (Å²) in [6.45, 7) is 4.41. The van der Waals surface area contributed by atoms with E-state index in [9.17, 15) is 18.3 Å². The monoisotopic (exact) mass is 458 g/mol. The maximum Gasteiger partial charge on any atom is 0.421 e. The van der Waals surface area contributed by atoms with Gasteiger partial charge in [-0.05, 0) is 26.0 Å². The van der Waals surface area contributed by atoms with Crippen LogP contribution in [0, 0.1) is 13.8 Å². The van der Waals surface area contributed by atoms with Gasteiger partial charge < -0.3 is 14.6 Å². The molecule has 12 heteroatoms. The molecule has 0 aliphatic carbocycles. The molecule has 1 aromatic carbocycles. The van der Waals surface area contributed by atoms with Crippen molar-refractivity contribution < 1.29 is 18.3 Å². The number of aromatic nitrogens is 7. The molecular formula is C21H21F3N8O. The lowest BCUT2D eigenvalue weighted by Crippen LogP contribution is -2.46. The zero-order chi connectivity index (χ0) is 23.5. The summed E-state index contributed by atoms with van der Waals surface area (Å²) in [6.07, 6.45) is -7.65. The summed E-state index contributed by atoms with van der Waals surface area (Å²) in [4.78, 5) is 19.2. The van der Waals surface area contributed by atoms with Crippen molar-refractivity contribution in [2.45, 2.75) is 32.0 Å². The van der Waals surface area contributed by atoms with E-state index in [-0.39, 0.29) is 17.6 Å². The lowest BCUT2D eigenvalue weighted by molar-refractivity contribution is -0.209. The SMILES string of the molecule is Cc1nc(N2CC(c3nc4ccccc4n3C)C2)cc(-n2nc(C)nc2[C@H](O)C(F)(F)F)n1. The molecule has 1 saturated heterocycles. The van der Waals surface area contributed by atoms with Gasteiger partial charge in [0, 0.05) is 26.2 Å². The van der Waals surface area contributed by atoms with Crippen LogP contribution in [0.5, 0.6) is 0 Å². The van der Waals surface area contributed by atoms with Gasteiger partial charge in [-0.25, -0.2) is 19.9 Å². The van der Waals surface area contributed by atoms with Gasteiger partial charge in [0.1, 0.15) is 23.3 Å². The van der Waals surface area contributed by atoms with Crippen LogP contribution in [0.1, 0.15) is 35.3 Å². The largest absolute Gasteiger partial charge is 0.421 e. The number of imidazole rings is 1. The van der Waals surface area contributed by atoms with E-state index in [1.54, 1.807) is 13.0 Å². The Morgan fingerprint density at radius 3 is 2.39 bits per heavy atom. The van der Waals surface area contributed by atoms with Gasteiger partial charge in [-0.15, -0.1) is 5.10 Å². The standard InChI is InChI=1S/C21H21F3N8O/c1-11-25-16(8-17(26-11)32-20(27-12(2)29-32)18(33)21(22,23)24)31-9-13(10-31)19-28-14-6-4-5-7-15(14)30(19)3/h4-8,13,18,33H,9-10H2,1-3H3/t18-/m0/s1. The van der Waals surface area contributed by atoms with Gasteiger partial charge in [0.25, 0.3) is 0 Å². The van der Waals surface area contributed by atoms with Crippen LogP contribution in [0.2, 0.25) is 0 Å². The third-order valence-corrected chi connectivity index (χ3v) is 5.71. The topological polar surface area (TPSA) is 97.8 Å². The molecule has 33 heavy (non-hydrogen) atoms. The lowest BCUT2D eigenvalue weighted by Gasteiger charge is -2.39. The van der Waals surface area contributed by atoms with Crippen molar-refractivity contribution in [2.75, 3.05) is 18.0 Å². The van der Waals surface area contributed by atoms with Crippen LogP contribution >= 0.6 is 0 Å². The first-order chi connectivity index (χ1) is 15.6. The summed E-state index contributed by atoms with van der Waals surface area (Å²) in [5.74, 6) is 1.67. The number of hydrogen-bond donors (Lipinski definition) is 1. The highest BCUT2D eigenvalue weighted by Crippen LogP contribution is 2.34. The van der Waals surface area contributed by atoms with Crippen LogP contribution in [-0.4, -0.2) is 58.7 Å². The Labute approximate surface area is 186 Å². The number of aliphatic hydroxyl groups excluding tert-OH is 1. The van der Waals surface area contributed by atoms with Crippen LogP contribution in [0.15, 0.2) is 30.3 Å². The molecule has 0 spiro atoms. The number of alkyl halides is 3. The Hall–Kier alpha value is -3.54. The Morgan fingerprint density at radius 2 is 1.70 bits per heavy atom. The molecule has 1 N–H and O–H groups in total. The number of hydrogen-bond acceptors (Lipinski definition) is 7. The minimum absolute atomic E-state index is 0.0944.